The maximum atomic E-state index is 13.0. The van der Waals surface area contributed by atoms with Gasteiger partial charge in [-0.1, -0.05) is 6.07 Å². The molecule has 1 atom stereocenters. The topological polar surface area (TPSA) is 105 Å². The summed E-state index contributed by atoms with van der Waals surface area (Å²) in [5.74, 6) is -0.807. The lowest BCUT2D eigenvalue weighted by Crippen LogP contribution is -2.48. The van der Waals surface area contributed by atoms with Gasteiger partial charge in [0, 0.05) is 16.7 Å². The van der Waals surface area contributed by atoms with Crippen molar-refractivity contribution in [3.8, 4) is 28.7 Å². The molecule has 0 spiro atoms. The normalized spacial score (nSPS) is 19.2. The molecule has 29 heavy (non-hydrogen) atoms. The molecule has 9 heteroatoms. The highest BCUT2D eigenvalue weighted by Crippen LogP contribution is 2.38. The molecule has 1 heterocycles. The summed E-state index contributed by atoms with van der Waals surface area (Å²) in [6, 6.07) is 8.56. The Balaban J connectivity index is 1.66. The first kappa shape index (κ1) is 19.4. The average molecular weight is 405 g/mol. The number of phenolic OH excluding ortho intramolecular Hbond substituents is 1. The maximum absolute atomic E-state index is 13.0. The lowest BCUT2D eigenvalue weighted by Gasteiger charge is -2.33. The van der Waals surface area contributed by atoms with E-state index in [1.54, 1.807) is 6.07 Å². The summed E-state index contributed by atoms with van der Waals surface area (Å²) in [5.41, 5.74) is 7.09. The summed E-state index contributed by atoms with van der Waals surface area (Å²) in [7, 11) is 0. The molecule has 0 saturated carbocycles. The molecular formula is C20H18F3N3O3. The summed E-state index contributed by atoms with van der Waals surface area (Å²) >= 11 is 0. The number of aliphatic hydroxyl groups is 1. The van der Waals surface area contributed by atoms with Crippen LogP contribution in [0.3, 0.4) is 0 Å². The summed E-state index contributed by atoms with van der Waals surface area (Å²) < 4.78 is 44.6. The van der Waals surface area contributed by atoms with Crippen molar-refractivity contribution >= 4 is 0 Å². The minimum Gasteiger partial charge on any atom is -0.507 e. The molecule has 1 aliphatic carbocycles. The minimum absolute atomic E-state index is 0.0492. The quantitative estimate of drug-likeness (QED) is 0.618. The van der Waals surface area contributed by atoms with Crippen molar-refractivity contribution in [1.82, 2.24) is 10.2 Å². The first-order valence-electron chi connectivity index (χ1n) is 8.94. The molecule has 1 aromatic heterocycles. The van der Waals surface area contributed by atoms with Crippen LogP contribution in [0, 0.1) is 0 Å². The minimum atomic E-state index is -4.71. The fraction of sp³-hybridized carbons (Fsp3) is 0.300. The van der Waals surface area contributed by atoms with Gasteiger partial charge in [0.25, 0.3) is 0 Å². The van der Waals surface area contributed by atoms with Gasteiger partial charge in [0.1, 0.15) is 5.75 Å². The lowest BCUT2D eigenvalue weighted by atomic mass is 9.78. The van der Waals surface area contributed by atoms with Crippen molar-refractivity contribution in [1.29, 1.82) is 0 Å². The molecule has 4 N–H and O–H groups in total. The average Bonchev–Trinajstić information content (AvgIpc) is 3.17. The first-order chi connectivity index (χ1) is 13.7. The number of nitrogens with two attached hydrogens (primary N) is 1. The Morgan fingerprint density at radius 3 is 2.34 bits per heavy atom. The zero-order chi connectivity index (χ0) is 20.8. The van der Waals surface area contributed by atoms with Crippen LogP contribution in [0.4, 0.5) is 13.2 Å². The SMILES string of the molecule is N[C@@]1(CO)CCc2ccc(-c3nnc(-c4ccc(O)c(C(F)(F)F)c4)o3)cc2C1. The number of phenols is 1. The Morgan fingerprint density at radius 1 is 1.03 bits per heavy atom. The lowest BCUT2D eigenvalue weighted by molar-refractivity contribution is -0.138. The van der Waals surface area contributed by atoms with E-state index in [0.29, 0.717) is 18.4 Å². The maximum Gasteiger partial charge on any atom is 0.419 e. The molecule has 0 radical (unpaired) electrons. The predicted molar refractivity (Wildman–Crippen MR) is 97.9 cm³/mol. The van der Waals surface area contributed by atoms with Crippen LogP contribution in [0.15, 0.2) is 40.8 Å². The van der Waals surface area contributed by atoms with Gasteiger partial charge in [0.2, 0.25) is 11.8 Å². The van der Waals surface area contributed by atoms with Crippen LogP contribution in [0.25, 0.3) is 22.9 Å². The van der Waals surface area contributed by atoms with Crippen LogP contribution in [0.2, 0.25) is 0 Å². The van der Waals surface area contributed by atoms with Crippen LogP contribution < -0.4 is 5.73 Å². The number of nitrogens with zero attached hydrogens (tertiary/aromatic N) is 2. The monoisotopic (exact) mass is 405 g/mol. The molecule has 0 fully saturated rings. The highest BCUT2D eigenvalue weighted by Gasteiger charge is 2.34. The number of hydrogen-bond donors (Lipinski definition) is 3. The third kappa shape index (κ3) is 3.70. The van der Waals surface area contributed by atoms with Gasteiger partial charge in [-0.25, -0.2) is 0 Å². The van der Waals surface area contributed by atoms with Gasteiger partial charge in [-0.05, 0) is 60.7 Å². The molecule has 0 saturated heterocycles. The van der Waals surface area contributed by atoms with E-state index in [-0.39, 0.29) is 24.0 Å². The van der Waals surface area contributed by atoms with E-state index in [4.69, 9.17) is 10.2 Å². The molecule has 0 unspecified atom stereocenters. The van der Waals surface area contributed by atoms with Crippen LogP contribution in [-0.4, -0.2) is 32.6 Å². The summed E-state index contributed by atoms with van der Waals surface area (Å²) in [6.45, 7) is -0.121. The molecule has 0 bridgehead atoms. The molecule has 0 amide bonds. The van der Waals surface area contributed by atoms with Gasteiger partial charge >= 0.3 is 6.18 Å². The van der Waals surface area contributed by atoms with Crippen molar-refractivity contribution in [2.75, 3.05) is 6.61 Å². The van der Waals surface area contributed by atoms with E-state index in [1.807, 2.05) is 12.1 Å². The Kier molecular flexibility index (Phi) is 4.59. The fourth-order valence-electron chi connectivity index (χ4n) is 3.51. The molecule has 2 aromatic carbocycles. The van der Waals surface area contributed by atoms with Gasteiger partial charge in [0.15, 0.2) is 0 Å². The third-order valence-corrected chi connectivity index (χ3v) is 5.18. The van der Waals surface area contributed by atoms with Crippen molar-refractivity contribution in [2.24, 2.45) is 5.73 Å². The van der Waals surface area contributed by atoms with E-state index >= 15 is 0 Å². The molecule has 3 aromatic rings. The van der Waals surface area contributed by atoms with Crippen molar-refractivity contribution in [2.45, 2.75) is 31.0 Å². The number of aliphatic hydroxyl groups excluding tert-OH is 1. The van der Waals surface area contributed by atoms with Gasteiger partial charge in [0.05, 0.1) is 12.2 Å². The molecule has 0 aliphatic heterocycles. The van der Waals surface area contributed by atoms with E-state index in [2.05, 4.69) is 10.2 Å². The van der Waals surface area contributed by atoms with Gasteiger partial charge in [-0.2, -0.15) is 13.2 Å². The standard InChI is InChI=1S/C20H18F3N3O3/c21-20(22,23)15-8-13(3-4-16(15)28)18-26-25-17(29-18)12-2-1-11-5-6-19(24,10-27)9-14(11)7-12/h1-4,7-8,27-28H,5-6,9-10,24H2/t19-/m0/s1. The number of aromatic nitrogens is 2. The van der Waals surface area contributed by atoms with E-state index in [9.17, 15) is 23.4 Å². The second kappa shape index (κ2) is 6.85. The summed E-state index contributed by atoms with van der Waals surface area (Å²) in [5, 5.41) is 26.8. The second-order valence-electron chi connectivity index (χ2n) is 7.32. The Labute approximate surface area is 163 Å². The largest absolute Gasteiger partial charge is 0.507 e. The number of alkyl halides is 3. The Hall–Kier alpha value is -2.91. The van der Waals surface area contributed by atoms with Crippen LogP contribution in [0.1, 0.15) is 23.1 Å². The molecular weight excluding hydrogens is 387 g/mol. The molecule has 4 rings (SSSR count). The van der Waals surface area contributed by atoms with E-state index in [1.165, 1.54) is 6.07 Å². The van der Waals surface area contributed by atoms with Crippen LogP contribution in [-0.2, 0) is 19.0 Å². The number of benzene rings is 2. The summed E-state index contributed by atoms with van der Waals surface area (Å²) in [6.07, 6.45) is -2.78. The number of hydrogen-bond acceptors (Lipinski definition) is 6. The Bertz CT molecular complexity index is 1060. The molecule has 6 nitrogen and oxygen atoms in total. The number of halogens is 3. The zero-order valence-corrected chi connectivity index (χ0v) is 15.2. The van der Waals surface area contributed by atoms with Gasteiger partial charge in [-0.15, -0.1) is 10.2 Å². The van der Waals surface area contributed by atoms with E-state index < -0.39 is 23.0 Å². The van der Waals surface area contributed by atoms with Crippen molar-refractivity contribution < 1.29 is 27.8 Å². The van der Waals surface area contributed by atoms with Crippen molar-refractivity contribution in [3.05, 3.63) is 53.1 Å². The highest BCUT2D eigenvalue weighted by molar-refractivity contribution is 5.61. The van der Waals surface area contributed by atoms with Gasteiger partial charge < -0.3 is 20.4 Å². The second-order valence-corrected chi connectivity index (χ2v) is 7.32. The number of fused-ring (bicyclic) bond motifs is 1. The number of aryl methyl sites for hydroxylation is 1. The predicted octanol–water partition coefficient (Wildman–Crippen LogP) is 3.31. The van der Waals surface area contributed by atoms with Gasteiger partial charge in [-0.3, -0.25) is 0 Å². The third-order valence-electron chi connectivity index (χ3n) is 5.18. The van der Waals surface area contributed by atoms with Crippen LogP contribution >= 0.6 is 0 Å². The number of aromatic hydroxyl groups is 1. The molecule has 152 valence electrons. The summed E-state index contributed by atoms with van der Waals surface area (Å²) in [4.78, 5) is 0. The van der Waals surface area contributed by atoms with Crippen LogP contribution in [0.5, 0.6) is 5.75 Å². The molecule has 1 aliphatic rings. The van der Waals surface area contributed by atoms with Crippen molar-refractivity contribution in [3.63, 3.8) is 0 Å². The zero-order valence-electron chi connectivity index (χ0n) is 15.2. The Morgan fingerprint density at radius 2 is 1.69 bits per heavy atom. The number of rotatable bonds is 3. The first-order valence-corrected chi connectivity index (χ1v) is 8.94. The highest BCUT2D eigenvalue weighted by atomic mass is 19.4. The fourth-order valence-corrected chi connectivity index (χ4v) is 3.51. The smallest absolute Gasteiger partial charge is 0.419 e. The van der Waals surface area contributed by atoms with E-state index in [0.717, 1.165) is 29.7 Å².